The normalized spacial score (nSPS) is 11.8. The van der Waals surface area contributed by atoms with Crippen molar-refractivity contribution >= 4 is 15.8 Å². The van der Waals surface area contributed by atoms with Gasteiger partial charge in [0.1, 0.15) is 0 Å². The lowest BCUT2D eigenvalue weighted by Gasteiger charge is -2.21. The van der Waals surface area contributed by atoms with Crippen molar-refractivity contribution in [3.63, 3.8) is 0 Å². The Morgan fingerprint density at radius 2 is 0.517 bits per heavy atom. The molecule has 0 aromatic carbocycles. The van der Waals surface area contributed by atoms with E-state index in [-0.39, 0.29) is 0 Å². The van der Waals surface area contributed by atoms with Gasteiger partial charge >= 0.3 is 0 Å². The van der Waals surface area contributed by atoms with E-state index in [1.54, 1.807) is 43.4 Å². The van der Waals surface area contributed by atoms with Gasteiger partial charge in [-0.05, 0) is 69.1 Å². The highest BCUT2D eigenvalue weighted by Crippen LogP contribution is 2.43. The van der Waals surface area contributed by atoms with Gasteiger partial charge in [0.15, 0.2) is 0 Å². The molecule has 0 saturated carbocycles. The summed E-state index contributed by atoms with van der Waals surface area (Å²) in [6.45, 7) is 9.38. The maximum absolute atomic E-state index is 2.34. The molecule has 0 nitrogen and oxygen atoms in total. The van der Waals surface area contributed by atoms with Crippen LogP contribution >= 0.6 is 15.8 Å². The first-order valence-electron chi connectivity index (χ1n) is 13.7. The summed E-state index contributed by atoms with van der Waals surface area (Å²) in [4.78, 5) is 0. The van der Waals surface area contributed by atoms with Crippen LogP contribution in [0.1, 0.15) is 137 Å². The SMILES string of the molecule is CCCCCCP(CCCCCC)CCCP(CCCCCC)CCCCCC. The van der Waals surface area contributed by atoms with Gasteiger partial charge in [-0.3, -0.25) is 0 Å². The molecule has 0 radical (unpaired) electrons. The highest BCUT2D eigenvalue weighted by atomic mass is 31.1. The Balaban J connectivity index is 4.25. The van der Waals surface area contributed by atoms with E-state index in [9.17, 15) is 0 Å². The minimum absolute atomic E-state index is 0.349. The van der Waals surface area contributed by atoms with Gasteiger partial charge in [0.2, 0.25) is 0 Å². The van der Waals surface area contributed by atoms with E-state index >= 15 is 0 Å². The summed E-state index contributed by atoms with van der Waals surface area (Å²) in [6.07, 6.45) is 34.6. The second kappa shape index (κ2) is 25.1. The highest BCUT2D eigenvalue weighted by molar-refractivity contribution is 7.58. The summed E-state index contributed by atoms with van der Waals surface area (Å²) >= 11 is 0. The predicted octanol–water partition coefficient (Wildman–Crippen LogP) is 10.7. The van der Waals surface area contributed by atoms with Crippen LogP contribution in [0.3, 0.4) is 0 Å². The van der Waals surface area contributed by atoms with Gasteiger partial charge in [0.25, 0.3) is 0 Å². The first kappa shape index (κ1) is 29.9. The van der Waals surface area contributed by atoms with Crippen LogP contribution in [0.2, 0.25) is 0 Å². The van der Waals surface area contributed by atoms with Gasteiger partial charge in [-0.1, -0.05) is 105 Å². The van der Waals surface area contributed by atoms with E-state index < -0.39 is 0 Å². The van der Waals surface area contributed by atoms with Gasteiger partial charge < -0.3 is 0 Å². The van der Waals surface area contributed by atoms with Crippen LogP contribution in [-0.2, 0) is 0 Å². The molecule has 0 atom stereocenters. The average Bonchev–Trinajstić information content (AvgIpc) is 2.73. The minimum Gasteiger partial charge on any atom is -0.107 e. The fraction of sp³-hybridized carbons (Fsp3) is 1.00. The molecule has 0 saturated heterocycles. The number of hydrogen-bond acceptors (Lipinski definition) is 0. The number of unbranched alkanes of at least 4 members (excludes halogenated alkanes) is 12. The Hall–Kier alpha value is 0.860. The molecule has 0 N–H and O–H groups in total. The zero-order valence-corrected chi connectivity index (χ0v) is 22.9. The van der Waals surface area contributed by atoms with E-state index in [1.165, 1.54) is 103 Å². The fourth-order valence-electron chi connectivity index (χ4n) is 4.24. The van der Waals surface area contributed by atoms with E-state index in [0.29, 0.717) is 15.8 Å². The molecule has 0 aliphatic heterocycles. The van der Waals surface area contributed by atoms with Crippen molar-refractivity contribution < 1.29 is 0 Å². The van der Waals surface area contributed by atoms with Gasteiger partial charge in [-0.15, -0.1) is 15.8 Å². The van der Waals surface area contributed by atoms with Crippen molar-refractivity contribution in [3.8, 4) is 0 Å². The van der Waals surface area contributed by atoms with E-state index in [0.717, 1.165) is 0 Å². The van der Waals surface area contributed by atoms with Gasteiger partial charge in [0.05, 0.1) is 0 Å². The standard InChI is InChI=1S/C27H58P2/c1-5-9-13-17-22-28(23-18-14-10-6-2)26-21-27-29(24-19-15-11-7-3)25-20-16-12-8-4/h5-27H2,1-4H3. The van der Waals surface area contributed by atoms with Crippen molar-refractivity contribution in [2.24, 2.45) is 0 Å². The Bertz CT molecular complexity index is 240. The first-order valence-corrected chi connectivity index (χ1v) is 17.5. The Kier molecular flexibility index (Phi) is 25.9. The predicted molar refractivity (Wildman–Crippen MR) is 144 cm³/mol. The summed E-state index contributed by atoms with van der Waals surface area (Å²) in [5, 5.41) is 0. The third-order valence-electron chi connectivity index (χ3n) is 6.26. The Labute approximate surface area is 189 Å². The molecule has 0 aliphatic rings. The molecular formula is C27H58P2. The topological polar surface area (TPSA) is 0 Å². The third-order valence-corrected chi connectivity index (χ3v) is 12.0. The van der Waals surface area contributed by atoms with Gasteiger partial charge in [0, 0.05) is 0 Å². The van der Waals surface area contributed by atoms with Crippen LogP contribution in [0.4, 0.5) is 0 Å². The molecule has 176 valence electrons. The van der Waals surface area contributed by atoms with Crippen LogP contribution in [0.5, 0.6) is 0 Å². The molecule has 0 aromatic heterocycles. The number of rotatable bonds is 24. The maximum Gasteiger partial charge on any atom is -0.0323 e. The Morgan fingerprint density at radius 3 is 0.759 bits per heavy atom. The summed E-state index contributed by atoms with van der Waals surface area (Å²) in [5.74, 6) is 0. The smallest absolute Gasteiger partial charge is 0.0323 e. The van der Waals surface area contributed by atoms with Crippen LogP contribution in [0, 0.1) is 0 Å². The first-order chi connectivity index (χ1) is 14.3. The summed E-state index contributed by atoms with van der Waals surface area (Å²) in [6, 6.07) is 0. The van der Waals surface area contributed by atoms with Crippen LogP contribution in [-0.4, -0.2) is 37.0 Å². The second-order valence-electron chi connectivity index (χ2n) is 9.28. The quantitative estimate of drug-likeness (QED) is 0.103. The summed E-state index contributed by atoms with van der Waals surface area (Å²) in [5.41, 5.74) is 0. The van der Waals surface area contributed by atoms with E-state index in [4.69, 9.17) is 0 Å². The number of hydrogen-bond donors (Lipinski definition) is 0. The summed E-state index contributed by atoms with van der Waals surface area (Å²) in [7, 11) is 0.697. The molecule has 0 unspecified atom stereocenters. The van der Waals surface area contributed by atoms with E-state index in [2.05, 4.69) is 27.7 Å². The van der Waals surface area contributed by atoms with Crippen molar-refractivity contribution in [3.05, 3.63) is 0 Å². The molecular weight excluding hydrogens is 386 g/mol. The maximum atomic E-state index is 2.34. The van der Waals surface area contributed by atoms with Crippen molar-refractivity contribution in [1.29, 1.82) is 0 Å². The minimum atomic E-state index is 0.349. The average molecular weight is 445 g/mol. The lowest BCUT2D eigenvalue weighted by Crippen LogP contribution is -2.01. The monoisotopic (exact) mass is 444 g/mol. The molecule has 29 heavy (non-hydrogen) atoms. The molecule has 0 heterocycles. The molecule has 0 aromatic rings. The molecule has 0 amide bonds. The largest absolute Gasteiger partial charge is 0.107 e. The van der Waals surface area contributed by atoms with Crippen molar-refractivity contribution in [2.45, 2.75) is 137 Å². The van der Waals surface area contributed by atoms with Crippen molar-refractivity contribution in [1.82, 2.24) is 0 Å². The highest BCUT2D eigenvalue weighted by Gasteiger charge is 2.11. The third kappa shape index (κ3) is 21.9. The fourth-order valence-corrected chi connectivity index (χ4v) is 9.72. The van der Waals surface area contributed by atoms with Crippen LogP contribution in [0.15, 0.2) is 0 Å². The molecule has 2 heteroatoms. The lowest BCUT2D eigenvalue weighted by molar-refractivity contribution is 0.694. The molecule has 0 bridgehead atoms. The second-order valence-corrected chi connectivity index (χ2v) is 14.6. The lowest BCUT2D eigenvalue weighted by atomic mass is 10.2. The van der Waals surface area contributed by atoms with Crippen LogP contribution < -0.4 is 0 Å². The van der Waals surface area contributed by atoms with Crippen molar-refractivity contribution in [2.75, 3.05) is 37.0 Å². The summed E-state index contributed by atoms with van der Waals surface area (Å²) < 4.78 is 0. The molecule has 0 rings (SSSR count). The zero-order chi connectivity index (χ0) is 21.4. The van der Waals surface area contributed by atoms with E-state index in [1.807, 2.05) is 0 Å². The molecule has 0 aliphatic carbocycles. The van der Waals surface area contributed by atoms with Crippen LogP contribution in [0.25, 0.3) is 0 Å². The molecule has 0 spiro atoms. The zero-order valence-electron chi connectivity index (χ0n) is 21.2. The Morgan fingerprint density at radius 1 is 0.276 bits per heavy atom. The van der Waals surface area contributed by atoms with Gasteiger partial charge in [-0.25, -0.2) is 0 Å². The van der Waals surface area contributed by atoms with Gasteiger partial charge in [-0.2, -0.15) is 0 Å². The molecule has 0 fully saturated rings.